The van der Waals surface area contributed by atoms with Gasteiger partial charge in [0.2, 0.25) is 0 Å². The smallest absolute Gasteiger partial charge is 0.298 e. The molecule has 2 atom stereocenters. The molecule has 1 saturated heterocycles. The molecule has 3 heterocycles. The first-order chi connectivity index (χ1) is 16.8. The predicted molar refractivity (Wildman–Crippen MR) is 123 cm³/mol. The van der Waals surface area contributed by atoms with E-state index in [4.69, 9.17) is 19.3 Å². The highest BCUT2D eigenvalue weighted by molar-refractivity contribution is 5.96. The van der Waals surface area contributed by atoms with Crippen molar-refractivity contribution in [2.24, 2.45) is 0 Å². The summed E-state index contributed by atoms with van der Waals surface area (Å²) >= 11 is 0. The lowest BCUT2D eigenvalue weighted by molar-refractivity contribution is -0.0583. The Morgan fingerprint density at radius 3 is 2.86 bits per heavy atom. The molecule has 0 amide bonds. The number of benzene rings is 2. The molecule has 2 N–H and O–H groups in total. The number of aliphatic hydroxyl groups is 1. The first-order valence-corrected chi connectivity index (χ1v) is 11.5. The van der Waals surface area contributed by atoms with E-state index in [1.165, 1.54) is 12.1 Å². The number of nitrogens with one attached hydrogen (secondary N) is 1. The zero-order chi connectivity index (χ0) is 24.7. The first kappa shape index (κ1) is 23.6. The lowest BCUT2D eigenvalue weighted by atomic mass is 10.00. The molecular weight excluding hydrogens is 463 g/mol. The van der Waals surface area contributed by atoms with Gasteiger partial charge < -0.3 is 24.6 Å². The Labute approximate surface area is 200 Å². The summed E-state index contributed by atoms with van der Waals surface area (Å²) in [5.74, 6) is -2.58. The highest BCUT2D eigenvalue weighted by atomic mass is 19.3. The van der Waals surface area contributed by atoms with Gasteiger partial charge >= 0.3 is 0 Å². The van der Waals surface area contributed by atoms with Crippen molar-refractivity contribution in [3.63, 3.8) is 0 Å². The van der Waals surface area contributed by atoms with Crippen molar-refractivity contribution in [1.29, 1.82) is 0 Å². The van der Waals surface area contributed by atoms with E-state index in [-0.39, 0.29) is 11.7 Å². The van der Waals surface area contributed by atoms with Gasteiger partial charge in [-0.05, 0) is 26.0 Å². The van der Waals surface area contributed by atoms with Crippen molar-refractivity contribution in [2.75, 3.05) is 31.7 Å². The van der Waals surface area contributed by atoms with Gasteiger partial charge in [0.05, 0.1) is 36.8 Å². The number of hydrogen-bond acceptors (Lipinski definition) is 7. The summed E-state index contributed by atoms with van der Waals surface area (Å²) in [6.07, 6.45) is 1.41. The Bertz CT molecular complexity index is 1260. The highest BCUT2D eigenvalue weighted by Crippen LogP contribution is 2.43. The summed E-state index contributed by atoms with van der Waals surface area (Å²) in [6.45, 7) is 3.56. The molecule has 2 aliphatic rings. The number of anilines is 1. The van der Waals surface area contributed by atoms with Gasteiger partial charge in [-0.2, -0.15) is 8.78 Å². The lowest BCUT2D eigenvalue weighted by Gasteiger charge is -2.22. The van der Waals surface area contributed by atoms with Crippen LogP contribution >= 0.6 is 0 Å². The minimum Gasteiger partial charge on any atom is -0.491 e. The van der Waals surface area contributed by atoms with Crippen LogP contribution in [0.5, 0.6) is 11.5 Å². The number of alkyl halides is 2. The lowest BCUT2D eigenvalue weighted by Crippen LogP contribution is -2.22. The van der Waals surface area contributed by atoms with Crippen LogP contribution in [0.1, 0.15) is 41.9 Å². The molecular formula is C25H26F3N3O4. The molecule has 186 valence electrons. The maximum atomic E-state index is 15.1. The van der Waals surface area contributed by atoms with Gasteiger partial charge in [0.25, 0.3) is 5.92 Å². The standard InChI is InChI=1S/C25H26F3N3O4/c1-13(16-4-3-5-19(21(16)26)25(27,28)12-32)29-24-18-10-20(35-15-6-8-33-11-15)17-7-9-34-23(17)22(18)30-14(2)31-24/h3-5,10,13,15,32H,6-9,11-12H2,1-2H3,(H,29,30,31)/t13-,15?/m1/s1. The Morgan fingerprint density at radius 1 is 1.29 bits per heavy atom. The van der Waals surface area contributed by atoms with Crippen LogP contribution in [0.15, 0.2) is 24.3 Å². The van der Waals surface area contributed by atoms with Gasteiger partial charge in [-0.3, -0.25) is 0 Å². The molecule has 1 aromatic heterocycles. The Hall–Kier alpha value is -3.11. The Balaban J connectivity index is 1.55. The zero-order valence-electron chi connectivity index (χ0n) is 19.4. The number of nitrogens with zero attached hydrogens (tertiary/aromatic N) is 2. The number of aryl methyl sites for hydroxylation is 1. The fraction of sp³-hybridized carbons (Fsp3) is 0.440. The molecule has 3 aromatic rings. The second-order valence-electron chi connectivity index (χ2n) is 8.84. The Kier molecular flexibility index (Phi) is 6.18. The minimum atomic E-state index is -3.69. The molecule has 7 nitrogen and oxygen atoms in total. The molecule has 2 aromatic carbocycles. The van der Waals surface area contributed by atoms with Crippen LogP contribution < -0.4 is 14.8 Å². The summed E-state index contributed by atoms with van der Waals surface area (Å²) in [5, 5.41) is 12.8. The van der Waals surface area contributed by atoms with Crippen LogP contribution in [-0.2, 0) is 17.1 Å². The fourth-order valence-electron chi connectivity index (χ4n) is 4.55. The molecule has 1 fully saturated rings. The molecule has 0 saturated carbocycles. The summed E-state index contributed by atoms with van der Waals surface area (Å²) in [4.78, 5) is 9.09. The minimum absolute atomic E-state index is 0.0250. The Morgan fingerprint density at radius 2 is 2.11 bits per heavy atom. The van der Waals surface area contributed by atoms with Crippen LogP contribution in [-0.4, -0.2) is 47.6 Å². The number of ether oxygens (including phenoxy) is 3. The number of halogens is 3. The quantitative estimate of drug-likeness (QED) is 0.508. The third-order valence-corrected chi connectivity index (χ3v) is 6.34. The SMILES string of the molecule is Cc1nc(N[C@H](C)c2cccc(C(F)(F)CO)c2F)c2cc(OC3CCOC3)c3c(c2n1)OCC3. The van der Waals surface area contributed by atoms with Crippen molar-refractivity contribution < 1.29 is 32.5 Å². The maximum absolute atomic E-state index is 15.1. The normalized spacial score (nSPS) is 18.4. The molecule has 0 radical (unpaired) electrons. The number of aliphatic hydroxyl groups excluding tert-OH is 1. The zero-order valence-corrected chi connectivity index (χ0v) is 19.4. The van der Waals surface area contributed by atoms with Gasteiger partial charge in [0.15, 0.2) is 5.75 Å². The average molecular weight is 489 g/mol. The molecule has 0 aliphatic carbocycles. The van der Waals surface area contributed by atoms with E-state index in [0.717, 1.165) is 18.1 Å². The van der Waals surface area contributed by atoms with Gasteiger partial charge in [0, 0.05) is 24.0 Å². The van der Waals surface area contributed by atoms with Gasteiger partial charge in [-0.1, -0.05) is 12.1 Å². The molecule has 10 heteroatoms. The second kappa shape index (κ2) is 9.16. The monoisotopic (exact) mass is 489 g/mol. The van der Waals surface area contributed by atoms with Crippen molar-refractivity contribution >= 4 is 16.7 Å². The molecule has 35 heavy (non-hydrogen) atoms. The average Bonchev–Trinajstić information content (AvgIpc) is 3.52. The molecule has 1 unspecified atom stereocenters. The summed E-state index contributed by atoms with van der Waals surface area (Å²) in [7, 11) is 0. The maximum Gasteiger partial charge on any atom is 0.298 e. The van der Waals surface area contributed by atoms with E-state index in [2.05, 4.69) is 15.3 Å². The van der Waals surface area contributed by atoms with Crippen LogP contribution in [0.25, 0.3) is 10.9 Å². The van der Waals surface area contributed by atoms with E-state index in [9.17, 15) is 8.78 Å². The third-order valence-electron chi connectivity index (χ3n) is 6.34. The van der Waals surface area contributed by atoms with Gasteiger partial charge in [-0.15, -0.1) is 0 Å². The van der Waals surface area contributed by atoms with E-state index >= 15 is 4.39 Å². The topological polar surface area (TPSA) is 85.7 Å². The second-order valence-corrected chi connectivity index (χ2v) is 8.84. The summed E-state index contributed by atoms with van der Waals surface area (Å²) in [5.41, 5.74) is 0.717. The number of rotatable bonds is 7. The molecule has 5 rings (SSSR count). The first-order valence-electron chi connectivity index (χ1n) is 11.5. The van der Waals surface area contributed by atoms with Crippen LogP contribution in [0, 0.1) is 12.7 Å². The van der Waals surface area contributed by atoms with Crippen LogP contribution in [0.3, 0.4) is 0 Å². The van der Waals surface area contributed by atoms with Gasteiger partial charge in [-0.25, -0.2) is 14.4 Å². The number of fused-ring (bicyclic) bond motifs is 3. The molecule has 2 aliphatic heterocycles. The number of aromatic nitrogens is 2. The number of hydrogen-bond donors (Lipinski definition) is 2. The van der Waals surface area contributed by atoms with Crippen molar-refractivity contribution in [1.82, 2.24) is 9.97 Å². The van der Waals surface area contributed by atoms with Crippen molar-refractivity contribution in [3.8, 4) is 11.5 Å². The van der Waals surface area contributed by atoms with E-state index < -0.39 is 30.0 Å². The van der Waals surface area contributed by atoms with Crippen molar-refractivity contribution in [3.05, 3.63) is 52.6 Å². The van der Waals surface area contributed by atoms with Gasteiger partial charge in [0.1, 0.15) is 41.4 Å². The van der Waals surface area contributed by atoms with Crippen LogP contribution in [0.4, 0.5) is 19.0 Å². The predicted octanol–water partition coefficient (Wildman–Crippen LogP) is 4.44. The van der Waals surface area contributed by atoms with E-state index in [0.29, 0.717) is 60.3 Å². The van der Waals surface area contributed by atoms with Crippen LogP contribution in [0.2, 0.25) is 0 Å². The fourth-order valence-corrected chi connectivity index (χ4v) is 4.55. The highest BCUT2D eigenvalue weighted by Gasteiger charge is 2.35. The van der Waals surface area contributed by atoms with E-state index in [1.54, 1.807) is 13.8 Å². The largest absolute Gasteiger partial charge is 0.491 e. The summed E-state index contributed by atoms with van der Waals surface area (Å²) < 4.78 is 60.7. The molecule has 0 spiro atoms. The summed E-state index contributed by atoms with van der Waals surface area (Å²) in [6, 6.07) is 4.87. The van der Waals surface area contributed by atoms with Crippen molar-refractivity contribution in [2.45, 2.75) is 44.8 Å². The molecule has 0 bridgehead atoms. The van der Waals surface area contributed by atoms with E-state index in [1.807, 2.05) is 6.07 Å². The third kappa shape index (κ3) is 4.36.